The van der Waals surface area contributed by atoms with Crippen LogP contribution in [-0.2, 0) is 0 Å². The summed E-state index contributed by atoms with van der Waals surface area (Å²) in [6.45, 7) is 0. The van der Waals surface area contributed by atoms with Gasteiger partial charge in [0, 0.05) is 0 Å². The molecule has 0 spiro atoms. The van der Waals surface area contributed by atoms with Crippen molar-refractivity contribution in [2.45, 2.75) is 0 Å². The first-order valence-electron chi connectivity index (χ1n) is 26.2. The minimum absolute atomic E-state index is 0.700. The van der Waals surface area contributed by atoms with Gasteiger partial charge in [-0.2, -0.15) is 0 Å². The van der Waals surface area contributed by atoms with E-state index in [4.69, 9.17) is 28.8 Å². The molecule has 0 amide bonds. The lowest BCUT2D eigenvalue weighted by Gasteiger charge is -2.20. The highest BCUT2D eigenvalue weighted by molar-refractivity contribution is 6.24. The van der Waals surface area contributed by atoms with Gasteiger partial charge in [0.05, 0.1) is 38.4 Å². The number of rotatable bonds is 4. The normalized spacial score (nSPS) is 20.7. The largest absolute Gasteiger partial charge is 0.0636 e. The summed E-state index contributed by atoms with van der Waals surface area (Å²) in [5, 5.41) is -4.74. The van der Waals surface area contributed by atoms with Crippen molar-refractivity contribution in [1.82, 2.24) is 0 Å². The van der Waals surface area contributed by atoms with Gasteiger partial charge >= 0.3 is 0 Å². The molecule has 0 fully saturated rings. The highest BCUT2D eigenvalue weighted by Gasteiger charge is 2.19. The molecule has 0 radical (unpaired) electrons. The Morgan fingerprint density at radius 3 is 1.52 bits per heavy atom. The minimum Gasteiger partial charge on any atom is -0.0622 e. The predicted molar refractivity (Wildman–Crippen MR) is 181 cm³/mol. The van der Waals surface area contributed by atoms with Crippen LogP contribution in [0.2, 0.25) is 0 Å². The van der Waals surface area contributed by atoms with Gasteiger partial charge in [-0.1, -0.05) is 163 Å². The van der Waals surface area contributed by atoms with Gasteiger partial charge < -0.3 is 0 Å². The van der Waals surface area contributed by atoms with Crippen molar-refractivity contribution < 1.29 is 38.4 Å². The summed E-state index contributed by atoms with van der Waals surface area (Å²) >= 11 is 0. The van der Waals surface area contributed by atoms with E-state index < -0.39 is 246 Å². The average Bonchev–Trinajstić information content (AvgIpc) is 3.33. The van der Waals surface area contributed by atoms with Crippen LogP contribution in [0.4, 0.5) is 0 Å². The van der Waals surface area contributed by atoms with Gasteiger partial charge in [-0.05, 0) is 82.9 Å². The molecule has 0 aromatic heterocycles. The first kappa shape index (κ1) is 9.02. The zero-order valence-electron chi connectivity index (χ0n) is 49.0. The van der Waals surface area contributed by atoms with Crippen LogP contribution in [0.15, 0.2) is 169 Å². The van der Waals surface area contributed by atoms with Crippen molar-refractivity contribution in [2.24, 2.45) is 0 Å². The second-order valence-corrected chi connectivity index (χ2v) is 8.75. The zero-order valence-corrected chi connectivity index (χ0v) is 21.0. The van der Waals surface area contributed by atoms with E-state index in [0.717, 1.165) is 0 Å². The molecule has 196 valence electrons. The molecular formula is C42H28. The third-order valence-electron chi connectivity index (χ3n) is 6.50. The van der Waals surface area contributed by atoms with Crippen molar-refractivity contribution in [2.75, 3.05) is 0 Å². The summed E-state index contributed by atoms with van der Waals surface area (Å²) in [5.74, 6) is 0. The molecule has 0 atom stereocenters. The molecule has 8 aromatic carbocycles. The van der Waals surface area contributed by atoms with Gasteiger partial charge in [0.25, 0.3) is 0 Å². The van der Waals surface area contributed by atoms with Crippen molar-refractivity contribution in [3.8, 4) is 44.5 Å². The third-order valence-corrected chi connectivity index (χ3v) is 6.50. The maximum atomic E-state index is 10.2. The van der Waals surface area contributed by atoms with E-state index in [1.807, 2.05) is 0 Å². The first-order valence-corrected chi connectivity index (χ1v) is 12.2. The summed E-state index contributed by atoms with van der Waals surface area (Å²) in [4.78, 5) is 0. The molecular weight excluding hydrogens is 504 g/mol. The Labute approximate surface area is 285 Å². The molecule has 0 aliphatic heterocycles. The number of hydrogen-bond donors (Lipinski definition) is 0. The topological polar surface area (TPSA) is 0 Å². The molecule has 0 heteroatoms. The van der Waals surface area contributed by atoms with E-state index in [1.54, 1.807) is 0 Å². The van der Waals surface area contributed by atoms with E-state index in [0.29, 0.717) is 0 Å². The second kappa shape index (κ2) is 10.2. The molecule has 0 aliphatic rings. The second-order valence-electron chi connectivity index (χ2n) is 8.75. The van der Waals surface area contributed by atoms with E-state index in [2.05, 4.69) is 0 Å². The minimum atomic E-state index is -1.17. The quantitative estimate of drug-likeness (QED) is 0.188. The van der Waals surface area contributed by atoms with Crippen LogP contribution < -0.4 is 0 Å². The highest BCUT2D eigenvalue weighted by Crippen LogP contribution is 2.46. The number of hydrogen-bond acceptors (Lipinski definition) is 0. The van der Waals surface area contributed by atoms with Gasteiger partial charge in [-0.3, -0.25) is 0 Å². The molecule has 0 aliphatic carbocycles. The van der Waals surface area contributed by atoms with Gasteiger partial charge in [0.15, 0.2) is 0 Å². The molecule has 0 bridgehead atoms. The van der Waals surface area contributed by atoms with Crippen molar-refractivity contribution in [1.29, 1.82) is 0 Å². The summed E-state index contributed by atoms with van der Waals surface area (Å²) in [5.41, 5.74) is -6.95. The van der Waals surface area contributed by atoms with Gasteiger partial charge in [0.2, 0.25) is 0 Å². The van der Waals surface area contributed by atoms with E-state index in [9.17, 15) is 9.60 Å². The SMILES string of the molecule is [2H]c1c([2H])c([2H])c(-c2c([2H])c([2H])c([2H])c([2H])c2-c2c([2H])c([2H])c3c(-c4c([2H])c([2H])c([2H])c([2H])c4[2H])c4c([2H])c([2H])c([2H])c([2H])c4c(-c4c([2H])c([2H])c([2H])c5c([2H])c([2H])c([2H])c([2H])c45)c3c2[2H])c([2H])c1[2H]. The first-order chi connectivity index (χ1) is 32.5. The predicted octanol–water partition coefficient (Wildman–Crippen LogP) is 11.8. The lowest BCUT2D eigenvalue weighted by Crippen LogP contribution is -1.93. The van der Waals surface area contributed by atoms with Crippen LogP contribution in [0.3, 0.4) is 0 Å². The van der Waals surface area contributed by atoms with E-state index in [-0.39, 0.29) is 0 Å². The summed E-state index contributed by atoms with van der Waals surface area (Å²) in [7, 11) is 0. The smallest absolute Gasteiger partial charge is 0.0622 e. The summed E-state index contributed by atoms with van der Waals surface area (Å²) < 4.78 is 250. The van der Waals surface area contributed by atoms with Crippen LogP contribution in [0.5, 0.6) is 0 Å². The Kier molecular flexibility index (Phi) is 2.19. The van der Waals surface area contributed by atoms with Crippen molar-refractivity contribution in [3.63, 3.8) is 0 Å². The van der Waals surface area contributed by atoms with Crippen LogP contribution >= 0.6 is 0 Å². The molecule has 8 aromatic rings. The lowest BCUT2D eigenvalue weighted by molar-refractivity contribution is 1.59. The van der Waals surface area contributed by atoms with Gasteiger partial charge in [0.1, 0.15) is 0 Å². The Balaban J connectivity index is 1.85. The van der Waals surface area contributed by atoms with Gasteiger partial charge in [-0.25, -0.2) is 0 Å². The fraction of sp³-hybridized carbons (Fsp3) is 0. The Bertz CT molecular complexity index is 3730. The molecule has 42 heavy (non-hydrogen) atoms. The molecule has 0 unspecified atom stereocenters. The summed E-state index contributed by atoms with van der Waals surface area (Å²) in [6, 6.07) is -28.5. The molecule has 0 saturated heterocycles. The fourth-order valence-electron chi connectivity index (χ4n) is 4.78. The molecule has 0 N–H and O–H groups in total. The molecule has 0 nitrogen and oxygen atoms in total. The Morgan fingerprint density at radius 2 is 0.786 bits per heavy atom. The summed E-state index contributed by atoms with van der Waals surface area (Å²) in [6.07, 6.45) is 0. The van der Waals surface area contributed by atoms with Crippen molar-refractivity contribution >= 4 is 32.3 Å². The van der Waals surface area contributed by atoms with Gasteiger partial charge in [-0.15, -0.1) is 0 Å². The molecule has 0 heterocycles. The zero-order chi connectivity index (χ0) is 52.2. The van der Waals surface area contributed by atoms with Crippen LogP contribution in [0, 0.1) is 0 Å². The van der Waals surface area contributed by atoms with E-state index in [1.165, 1.54) is 0 Å². The third kappa shape index (κ3) is 4.00. The number of benzene rings is 8. The lowest BCUT2D eigenvalue weighted by atomic mass is 9.83. The van der Waals surface area contributed by atoms with E-state index >= 15 is 0 Å². The number of fused-ring (bicyclic) bond motifs is 3. The fourth-order valence-corrected chi connectivity index (χ4v) is 4.78. The maximum absolute atomic E-state index is 10.2. The van der Waals surface area contributed by atoms with Crippen LogP contribution in [0.25, 0.3) is 76.8 Å². The molecule has 0 saturated carbocycles. The maximum Gasteiger partial charge on any atom is 0.0636 e. The monoisotopic (exact) mass is 560 g/mol. The standard InChI is InChI=1S/C42H28/c1-3-14-29(15-4-1)33-20-9-10-22-35(33)32-26-27-39-40(28-32)42(36-25-13-19-30-16-7-8-21-34(30)36)38-24-12-11-23-37(38)41(39)31-17-5-2-6-18-31/h1-28H/i1D,2D,3D,4D,5D,6D,7D,8D,9D,10D,11D,12D,13D,14D,15D,16D,17D,18D,19D,20D,21D,22D,23D,24D,25D,26D,27D,28D. The highest BCUT2D eigenvalue weighted by atomic mass is 14.2. The average molecular weight is 561 g/mol. The Hall–Kier alpha value is -5.46. The van der Waals surface area contributed by atoms with Crippen molar-refractivity contribution in [3.05, 3.63) is 169 Å². The Morgan fingerprint density at radius 1 is 0.286 bits per heavy atom. The molecule has 8 rings (SSSR count). The van der Waals surface area contributed by atoms with Crippen LogP contribution in [0.1, 0.15) is 38.4 Å². The van der Waals surface area contributed by atoms with Crippen LogP contribution in [-0.4, -0.2) is 0 Å².